The molecule has 6 heteroatoms. The van der Waals surface area contributed by atoms with E-state index in [1.54, 1.807) is 30.4 Å². The highest BCUT2D eigenvalue weighted by Crippen LogP contribution is 2.25. The van der Waals surface area contributed by atoms with Crippen LogP contribution < -0.4 is 5.32 Å². The van der Waals surface area contributed by atoms with Crippen molar-refractivity contribution in [1.82, 2.24) is 5.32 Å². The molecule has 0 bridgehead atoms. The molecule has 0 spiro atoms. The molecule has 106 valence electrons. The lowest BCUT2D eigenvalue weighted by Gasteiger charge is -2.14. The van der Waals surface area contributed by atoms with E-state index in [-0.39, 0.29) is 16.7 Å². The third kappa shape index (κ3) is 3.45. The van der Waals surface area contributed by atoms with Gasteiger partial charge >= 0.3 is 0 Å². The molecule has 0 aliphatic carbocycles. The van der Waals surface area contributed by atoms with Crippen molar-refractivity contribution in [3.8, 4) is 0 Å². The van der Waals surface area contributed by atoms with Crippen LogP contribution in [0.4, 0.5) is 5.69 Å². The zero-order valence-electron chi connectivity index (χ0n) is 11.2. The SMILES string of the molecule is Cc1ccc(C(C)NCc2sccc2Br)cc1[N+](=O)[O-]. The van der Waals surface area contributed by atoms with Crippen molar-refractivity contribution in [2.24, 2.45) is 0 Å². The second-order valence-electron chi connectivity index (χ2n) is 4.60. The molecule has 1 N–H and O–H groups in total. The molecule has 0 fully saturated rings. The highest BCUT2D eigenvalue weighted by Gasteiger charge is 2.14. The Labute approximate surface area is 130 Å². The number of nitro groups is 1. The topological polar surface area (TPSA) is 55.2 Å². The van der Waals surface area contributed by atoms with Crippen LogP contribution in [0.25, 0.3) is 0 Å². The number of thiophene rings is 1. The molecule has 4 nitrogen and oxygen atoms in total. The Kier molecular flexibility index (Phi) is 4.91. The minimum absolute atomic E-state index is 0.0586. The minimum Gasteiger partial charge on any atom is -0.305 e. The molecule has 1 aromatic heterocycles. The molecule has 0 saturated carbocycles. The maximum atomic E-state index is 11.0. The van der Waals surface area contributed by atoms with Crippen LogP contribution >= 0.6 is 27.3 Å². The van der Waals surface area contributed by atoms with Gasteiger partial charge in [0.25, 0.3) is 5.69 Å². The van der Waals surface area contributed by atoms with Crippen molar-refractivity contribution in [2.45, 2.75) is 26.4 Å². The van der Waals surface area contributed by atoms with Gasteiger partial charge in [0.05, 0.1) is 4.92 Å². The zero-order chi connectivity index (χ0) is 14.7. The van der Waals surface area contributed by atoms with Crippen LogP contribution in [0.1, 0.15) is 29.0 Å². The van der Waals surface area contributed by atoms with Crippen LogP contribution in [-0.2, 0) is 6.54 Å². The summed E-state index contributed by atoms with van der Waals surface area (Å²) < 4.78 is 1.09. The predicted octanol–water partition coefficient (Wildman–Crippen LogP) is 4.58. The second kappa shape index (κ2) is 6.47. The molecular formula is C14H15BrN2O2S. The quantitative estimate of drug-likeness (QED) is 0.631. The predicted molar refractivity (Wildman–Crippen MR) is 85.1 cm³/mol. The van der Waals surface area contributed by atoms with E-state index in [1.807, 2.05) is 24.4 Å². The third-order valence-corrected chi connectivity index (χ3v) is 5.12. The van der Waals surface area contributed by atoms with Crippen molar-refractivity contribution in [2.75, 3.05) is 0 Å². The number of nitrogens with zero attached hydrogens (tertiary/aromatic N) is 1. The van der Waals surface area contributed by atoms with Crippen molar-refractivity contribution < 1.29 is 4.92 Å². The normalized spacial score (nSPS) is 12.3. The number of benzene rings is 1. The van der Waals surface area contributed by atoms with Gasteiger partial charge in [-0.05, 0) is 46.8 Å². The number of hydrogen-bond acceptors (Lipinski definition) is 4. The van der Waals surface area contributed by atoms with E-state index in [1.165, 1.54) is 4.88 Å². The van der Waals surface area contributed by atoms with Crippen LogP contribution in [-0.4, -0.2) is 4.92 Å². The van der Waals surface area contributed by atoms with Gasteiger partial charge in [-0.25, -0.2) is 0 Å². The highest BCUT2D eigenvalue weighted by atomic mass is 79.9. The minimum atomic E-state index is -0.332. The molecule has 1 unspecified atom stereocenters. The number of halogens is 1. The number of hydrogen-bond donors (Lipinski definition) is 1. The summed E-state index contributed by atoms with van der Waals surface area (Å²) in [5.74, 6) is 0. The van der Waals surface area contributed by atoms with Crippen molar-refractivity contribution in [3.05, 3.63) is 60.2 Å². The summed E-state index contributed by atoms with van der Waals surface area (Å²) in [6.45, 7) is 4.50. The molecule has 20 heavy (non-hydrogen) atoms. The first-order chi connectivity index (χ1) is 9.49. The lowest BCUT2D eigenvalue weighted by molar-refractivity contribution is -0.385. The average Bonchev–Trinajstić information content (AvgIpc) is 2.81. The average molecular weight is 355 g/mol. The van der Waals surface area contributed by atoms with Gasteiger partial charge in [0.2, 0.25) is 0 Å². The van der Waals surface area contributed by atoms with Gasteiger partial charge in [-0.3, -0.25) is 10.1 Å². The summed E-state index contributed by atoms with van der Waals surface area (Å²) in [5, 5.41) is 16.4. The second-order valence-corrected chi connectivity index (χ2v) is 6.45. The van der Waals surface area contributed by atoms with Crippen LogP contribution in [0, 0.1) is 17.0 Å². The summed E-state index contributed by atoms with van der Waals surface area (Å²) in [7, 11) is 0. The zero-order valence-corrected chi connectivity index (χ0v) is 13.6. The fourth-order valence-corrected chi connectivity index (χ4v) is 3.35. The number of nitro benzene ring substituents is 1. The monoisotopic (exact) mass is 354 g/mol. The first kappa shape index (κ1) is 15.2. The molecule has 0 aliphatic rings. The van der Waals surface area contributed by atoms with E-state index in [9.17, 15) is 10.1 Å². The fraction of sp³-hybridized carbons (Fsp3) is 0.286. The summed E-state index contributed by atoms with van der Waals surface area (Å²) in [6.07, 6.45) is 0. The summed E-state index contributed by atoms with van der Waals surface area (Å²) >= 11 is 5.17. The molecule has 1 aromatic carbocycles. The van der Waals surface area contributed by atoms with Gasteiger partial charge in [-0.2, -0.15) is 0 Å². The van der Waals surface area contributed by atoms with Gasteiger partial charge in [0.1, 0.15) is 0 Å². The highest BCUT2D eigenvalue weighted by molar-refractivity contribution is 9.10. The van der Waals surface area contributed by atoms with E-state index in [4.69, 9.17) is 0 Å². The molecule has 0 amide bonds. The fourth-order valence-electron chi connectivity index (χ4n) is 1.91. The lowest BCUT2D eigenvalue weighted by atomic mass is 10.0. The van der Waals surface area contributed by atoms with Crippen molar-refractivity contribution in [1.29, 1.82) is 0 Å². The van der Waals surface area contributed by atoms with Crippen LogP contribution in [0.2, 0.25) is 0 Å². The molecule has 0 radical (unpaired) electrons. The first-order valence-corrected chi connectivity index (χ1v) is 7.86. The van der Waals surface area contributed by atoms with E-state index >= 15 is 0 Å². The Morgan fingerprint density at radius 1 is 1.45 bits per heavy atom. The van der Waals surface area contributed by atoms with Crippen LogP contribution in [0.15, 0.2) is 34.1 Å². The summed E-state index contributed by atoms with van der Waals surface area (Å²) in [4.78, 5) is 11.9. The summed E-state index contributed by atoms with van der Waals surface area (Å²) in [5.41, 5.74) is 1.79. The largest absolute Gasteiger partial charge is 0.305 e. The first-order valence-electron chi connectivity index (χ1n) is 6.19. The van der Waals surface area contributed by atoms with E-state index in [2.05, 4.69) is 21.2 Å². The maximum Gasteiger partial charge on any atom is 0.272 e. The Balaban J connectivity index is 2.09. The third-order valence-electron chi connectivity index (χ3n) is 3.19. The number of rotatable bonds is 5. The van der Waals surface area contributed by atoms with Gasteiger partial charge in [0.15, 0.2) is 0 Å². The number of aryl methyl sites for hydroxylation is 1. The summed E-state index contributed by atoms with van der Waals surface area (Å²) in [6, 6.07) is 7.46. The Morgan fingerprint density at radius 2 is 2.20 bits per heavy atom. The van der Waals surface area contributed by atoms with Crippen molar-refractivity contribution >= 4 is 33.0 Å². The van der Waals surface area contributed by atoms with Gasteiger partial charge in [-0.1, -0.05) is 12.1 Å². The van der Waals surface area contributed by atoms with E-state index < -0.39 is 0 Å². The van der Waals surface area contributed by atoms with Crippen molar-refractivity contribution in [3.63, 3.8) is 0 Å². The van der Waals surface area contributed by atoms with Crippen LogP contribution in [0.5, 0.6) is 0 Å². The maximum absolute atomic E-state index is 11.0. The molecule has 1 atom stereocenters. The Morgan fingerprint density at radius 3 is 2.80 bits per heavy atom. The Bertz CT molecular complexity index is 627. The lowest BCUT2D eigenvalue weighted by Crippen LogP contribution is -2.17. The molecular weight excluding hydrogens is 340 g/mol. The molecule has 2 aromatic rings. The van der Waals surface area contributed by atoms with Gasteiger partial charge in [0, 0.05) is 33.6 Å². The van der Waals surface area contributed by atoms with E-state index in [0.29, 0.717) is 5.56 Å². The Hall–Kier alpha value is -1.24. The molecule has 0 aliphatic heterocycles. The standard InChI is InChI=1S/C14H15BrN2O2S/c1-9-3-4-11(7-13(9)17(18)19)10(2)16-8-14-12(15)5-6-20-14/h3-7,10,16H,8H2,1-2H3. The molecule has 1 heterocycles. The molecule has 2 rings (SSSR count). The molecule has 0 saturated heterocycles. The van der Waals surface area contributed by atoms with Crippen LogP contribution in [0.3, 0.4) is 0 Å². The smallest absolute Gasteiger partial charge is 0.272 e. The van der Waals surface area contributed by atoms with E-state index in [0.717, 1.165) is 16.6 Å². The van der Waals surface area contributed by atoms with Gasteiger partial charge in [-0.15, -0.1) is 11.3 Å². The number of nitrogens with one attached hydrogen (secondary N) is 1. The van der Waals surface area contributed by atoms with Gasteiger partial charge < -0.3 is 5.32 Å².